The Morgan fingerprint density at radius 3 is 2.47 bits per heavy atom. The number of aromatic nitrogens is 1. The molecule has 0 spiro atoms. The molecule has 5 rings (SSSR count). The lowest BCUT2D eigenvalue weighted by Crippen LogP contribution is -2.48. The maximum atomic E-state index is 13.3. The van der Waals surface area contributed by atoms with Crippen molar-refractivity contribution in [2.75, 3.05) is 31.1 Å². The van der Waals surface area contributed by atoms with Crippen molar-refractivity contribution in [1.29, 1.82) is 0 Å². The fourth-order valence-electron chi connectivity index (χ4n) is 4.62. The summed E-state index contributed by atoms with van der Waals surface area (Å²) in [4.78, 5) is 33.8. The van der Waals surface area contributed by atoms with E-state index in [1.807, 2.05) is 30.0 Å². The Balaban J connectivity index is 1.31. The number of carbonyl (C=O) groups is 2. The van der Waals surface area contributed by atoms with Gasteiger partial charge < -0.3 is 14.2 Å². The van der Waals surface area contributed by atoms with Crippen LogP contribution in [-0.4, -0.2) is 53.6 Å². The van der Waals surface area contributed by atoms with Gasteiger partial charge in [-0.1, -0.05) is 18.2 Å². The zero-order valence-electron chi connectivity index (χ0n) is 19.2. The van der Waals surface area contributed by atoms with Crippen molar-refractivity contribution in [2.45, 2.75) is 26.2 Å². The number of piperazine rings is 1. The molecule has 1 aliphatic heterocycles. The van der Waals surface area contributed by atoms with E-state index in [0.29, 0.717) is 30.8 Å². The molecule has 0 atom stereocenters. The van der Waals surface area contributed by atoms with E-state index in [4.69, 9.17) is 4.42 Å². The first kappa shape index (κ1) is 21.9. The quantitative estimate of drug-likeness (QED) is 0.607. The highest BCUT2D eigenvalue weighted by Gasteiger charge is 2.31. The van der Waals surface area contributed by atoms with Crippen molar-refractivity contribution in [3.8, 4) is 0 Å². The number of amides is 2. The van der Waals surface area contributed by atoms with Crippen LogP contribution in [0.3, 0.4) is 0 Å². The number of hydrazone groups is 1. The van der Waals surface area contributed by atoms with E-state index in [1.165, 1.54) is 5.69 Å². The van der Waals surface area contributed by atoms with Crippen LogP contribution in [0.4, 0.5) is 5.69 Å². The van der Waals surface area contributed by atoms with Gasteiger partial charge in [0.1, 0.15) is 5.76 Å². The summed E-state index contributed by atoms with van der Waals surface area (Å²) >= 11 is 0. The third-order valence-electron chi connectivity index (χ3n) is 6.44. The van der Waals surface area contributed by atoms with Gasteiger partial charge in [-0.15, -0.1) is 0 Å². The summed E-state index contributed by atoms with van der Waals surface area (Å²) in [5, 5.41) is 4.40. The molecule has 2 aliphatic rings. The first-order chi connectivity index (χ1) is 16.6. The van der Waals surface area contributed by atoms with Crippen LogP contribution in [0.2, 0.25) is 0 Å². The van der Waals surface area contributed by atoms with Gasteiger partial charge >= 0.3 is 0 Å². The number of anilines is 1. The summed E-state index contributed by atoms with van der Waals surface area (Å²) in [6.45, 7) is 4.75. The monoisotopic (exact) mass is 457 g/mol. The second-order valence-corrected chi connectivity index (χ2v) is 8.56. The molecule has 1 fully saturated rings. The predicted octanol–water partition coefficient (Wildman–Crippen LogP) is 3.42. The molecule has 0 bridgehead atoms. The zero-order valence-corrected chi connectivity index (χ0v) is 19.2. The van der Waals surface area contributed by atoms with E-state index in [2.05, 4.69) is 32.5 Å². The lowest BCUT2D eigenvalue weighted by molar-refractivity contribution is 0.0711. The maximum Gasteiger partial charge on any atom is 0.289 e. The molecule has 0 unspecified atom stereocenters. The summed E-state index contributed by atoms with van der Waals surface area (Å²) in [5.74, 6) is 0.774. The van der Waals surface area contributed by atoms with Crippen molar-refractivity contribution in [3.63, 3.8) is 0 Å². The summed E-state index contributed by atoms with van der Waals surface area (Å²) in [6, 6.07) is 13.5. The van der Waals surface area contributed by atoms with Crippen LogP contribution in [0.15, 0.2) is 64.4 Å². The van der Waals surface area contributed by atoms with Crippen LogP contribution in [0.1, 0.15) is 50.6 Å². The van der Waals surface area contributed by atoms with Crippen LogP contribution in [0.25, 0.3) is 0 Å². The van der Waals surface area contributed by atoms with Gasteiger partial charge in [0, 0.05) is 67.4 Å². The molecule has 0 radical (unpaired) electrons. The number of carbonyl (C=O) groups excluding carboxylic acids is 2. The zero-order chi connectivity index (χ0) is 23.5. The van der Waals surface area contributed by atoms with Crippen LogP contribution in [0.5, 0.6) is 0 Å². The van der Waals surface area contributed by atoms with Crippen molar-refractivity contribution in [3.05, 3.63) is 83.1 Å². The Hall–Kier alpha value is -3.94. The molecular weight excluding hydrogens is 430 g/mol. The molecule has 0 saturated carbocycles. The first-order valence-corrected chi connectivity index (χ1v) is 11.6. The Labute approximate surface area is 198 Å². The molecule has 3 aromatic rings. The molecule has 1 N–H and O–H groups in total. The average molecular weight is 458 g/mol. The molecule has 1 saturated heterocycles. The fourth-order valence-corrected chi connectivity index (χ4v) is 4.62. The van der Waals surface area contributed by atoms with Crippen molar-refractivity contribution < 1.29 is 14.0 Å². The number of rotatable bonds is 4. The van der Waals surface area contributed by atoms with Gasteiger partial charge in [-0.05, 0) is 44.0 Å². The largest absolute Gasteiger partial charge is 0.455 e. The summed E-state index contributed by atoms with van der Waals surface area (Å²) < 4.78 is 6.08. The van der Waals surface area contributed by atoms with Crippen LogP contribution in [0, 0.1) is 6.92 Å². The van der Waals surface area contributed by atoms with E-state index < -0.39 is 0 Å². The number of hydrogen-bond donors (Lipinski definition) is 1. The van der Waals surface area contributed by atoms with Crippen LogP contribution in [-0.2, 0) is 6.42 Å². The second kappa shape index (κ2) is 9.51. The number of pyridine rings is 1. The van der Waals surface area contributed by atoms with Gasteiger partial charge in [-0.2, -0.15) is 5.10 Å². The van der Waals surface area contributed by atoms with E-state index in [-0.39, 0.29) is 11.8 Å². The Bertz CT molecular complexity index is 1210. The Morgan fingerprint density at radius 1 is 1.00 bits per heavy atom. The molecule has 8 heteroatoms. The molecule has 2 aromatic heterocycles. The number of nitrogens with zero attached hydrogens (tertiary/aromatic N) is 4. The van der Waals surface area contributed by atoms with Gasteiger partial charge in [0.2, 0.25) is 0 Å². The standard InChI is InChI=1S/C26H27N5O3/c1-18-23-21(28-29-25(32)19-10-12-27-13-11-19)8-5-9-22(23)34-24(18)26(33)31-16-14-30(15-17-31)20-6-3-2-4-7-20/h2-4,6-7,10-13H,5,8-9,14-17H2,1H3,(H,29,32)/b28-21+. The van der Waals surface area contributed by atoms with Crippen LogP contribution < -0.4 is 10.3 Å². The molecule has 1 aliphatic carbocycles. The molecule has 3 heterocycles. The number of nitrogens with one attached hydrogen (secondary N) is 1. The Morgan fingerprint density at radius 2 is 1.74 bits per heavy atom. The molecule has 2 amide bonds. The van der Waals surface area contributed by atoms with Crippen LogP contribution >= 0.6 is 0 Å². The first-order valence-electron chi connectivity index (χ1n) is 11.6. The minimum Gasteiger partial charge on any atom is -0.455 e. The summed E-state index contributed by atoms with van der Waals surface area (Å²) in [7, 11) is 0. The Kier molecular flexibility index (Phi) is 6.12. The van der Waals surface area contributed by atoms with E-state index in [9.17, 15) is 9.59 Å². The molecule has 174 valence electrons. The summed E-state index contributed by atoms with van der Waals surface area (Å²) in [5.41, 5.74) is 6.70. The van der Waals surface area contributed by atoms with Crippen molar-refractivity contribution in [1.82, 2.24) is 15.3 Å². The number of aryl methyl sites for hydroxylation is 1. The third-order valence-corrected chi connectivity index (χ3v) is 6.44. The lowest BCUT2D eigenvalue weighted by atomic mass is 9.93. The molecule has 34 heavy (non-hydrogen) atoms. The van der Waals surface area contributed by atoms with Gasteiger partial charge in [-0.3, -0.25) is 14.6 Å². The average Bonchev–Trinajstić information content (AvgIpc) is 3.25. The third kappa shape index (κ3) is 4.31. The maximum absolute atomic E-state index is 13.3. The number of para-hydroxylation sites is 1. The van der Waals surface area contributed by atoms with Crippen molar-refractivity contribution >= 4 is 23.2 Å². The lowest BCUT2D eigenvalue weighted by Gasteiger charge is -2.35. The van der Waals surface area contributed by atoms with E-state index in [1.54, 1.807) is 24.5 Å². The molecule has 8 nitrogen and oxygen atoms in total. The highest BCUT2D eigenvalue weighted by molar-refractivity contribution is 6.07. The fraction of sp³-hybridized carbons (Fsp3) is 0.308. The smallest absolute Gasteiger partial charge is 0.289 e. The SMILES string of the molecule is Cc1c(C(=O)N2CCN(c3ccccc3)CC2)oc2c1/C(=N/NC(=O)c1ccncc1)CCC2. The highest BCUT2D eigenvalue weighted by atomic mass is 16.4. The van der Waals surface area contributed by atoms with Gasteiger partial charge in [0.05, 0.1) is 5.71 Å². The summed E-state index contributed by atoms with van der Waals surface area (Å²) in [6.07, 6.45) is 5.46. The number of hydrogen-bond acceptors (Lipinski definition) is 6. The second-order valence-electron chi connectivity index (χ2n) is 8.56. The molecular formula is C26H27N5O3. The van der Waals surface area contributed by atoms with E-state index >= 15 is 0 Å². The van der Waals surface area contributed by atoms with Gasteiger partial charge in [0.25, 0.3) is 11.8 Å². The highest BCUT2D eigenvalue weighted by Crippen LogP contribution is 2.31. The molecule has 1 aromatic carbocycles. The van der Waals surface area contributed by atoms with Gasteiger partial charge in [0.15, 0.2) is 5.76 Å². The number of fused-ring (bicyclic) bond motifs is 1. The normalized spacial score (nSPS) is 16.9. The predicted molar refractivity (Wildman–Crippen MR) is 129 cm³/mol. The minimum absolute atomic E-state index is 0.0835. The minimum atomic E-state index is -0.296. The van der Waals surface area contributed by atoms with Gasteiger partial charge in [-0.25, -0.2) is 5.43 Å². The van der Waals surface area contributed by atoms with E-state index in [0.717, 1.165) is 48.5 Å². The number of furan rings is 1. The number of benzene rings is 1. The van der Waals surface area contributed by atoms with Crippen molar-refractivity contribution in [2.24, 2.45) is 5.10 Å². The topological polar surface area (TPSA) is 91.0 Å².